The Hall–Kier alpha value is -2.59. The maximum Gasteiger partial charge on any atom is 0.0998 e. The standard InChI is InChI=1S/C21H19N/c1-21(13-5-2-6-14-21)15-17-9-11-18(12-10-17)20-8-4-3-7-19(20)16-22/h2-13H,14-15H2,1H3. The van der Waals surface area contributed by atoms with E-state index < -0.39 is 0 Å². The van der Waals surface area contributed by atoms with E-state index in [-0.39, 0.29) is 5.41 Å². The third-order valence-corrected chi connectivity index (χ3v) is 4.25. The summed E-state index contributed by atoms with van der Waals surface area (Å²) in [5.41, 5.74) is 4.37. The first-order chi connectivity index (χ1) is 10.7. The van der Waals surface area contributed by atoms with Crippen molar-refractivity contribution < 1.29 is 0 Å². The Bertz CT molecular complexity index is 759. The summed E-state index contributed by atoms with van der Waals surface area (Å²) >= 11 is 0. The second-order valence-electron chi connectivity index (χ2n) is 6.18. The van der Waals surface area contributed by atoms with Crippen LogP contribution >= 0.6 is 0 Å². The molecule has 1 aliphatic carbocycles. The fourth-order valence-electron chi connectivity index (χ4n) is 3.00. The largest absolute Gasteiger partial charge is 0.192 e. The first-order valence-corrected chi connectivity index (χ1v) is 7.63. The van der Waals surface area contributed by atoms with E-state index in [4.69, 9.17) is 0 Å². The van der Waals surface area contributed by atoms with Crippen LogP contribution in [0.15, 0.2) is 72.8 Å². The van der Waals surface area contributed by atoms with Gasteiger partial charge in [-0.25, -0.2) is 0 Å². The second kappa shape index (κ2) is 6.03. The molecular formula is C21H19N. The van der Waals surface area contributed by atoms with E-state index in [2.05, 4.69) is 61.6 Å². The third-order valence-electron chi connectivity index (χ3n) is 4.25. The van der Waals surface area contributed by atoms with E-state index in [9.17, 15) is 5.26 Å². The van der Waals surface area contributed by atoms with Gasteiger partial charge in [0.15, 0.2) is 0 Å². The quantitative estimate of drug-likeness (QED) is 0.751. The van der Waals surface area contributed by atoms with E-state index in [1.54, 1.807) is 0 Å². The molecule has 2 aromatic rings. The molecule has 0 heterocycles. The Kier molecular flexibility index (Phi) is 3.94. The zero-order valence-corrected chi connectivity index (χ0v) is 12.8. The summed E-state index contributed by atoms with van der Waals surface area (Å²) in [5, 5.41) is 9.22. The van der Waals surface area contributed by atoms with Crippen molar-refractivity contribution >= 4 is 0 Å². The van der Waals surface area contributed by atoms with Crippen molar-refractivity contribution in [3.63, 3.8) is 0 Å². The number of allylic oxidation sites excluding steroid dienone is 4. The van der Waals surface area contributed by atoms with Crippen LogP contribution in [0.1, 0.15) is 24.5 Å². The van der Waals surface area contributed by atoms with Crippen LogP contribution in [0.25, 0.3) is 11.1 Å². The van der Waals surface area contributed by atoms with Gasteiger partial charge in [0.2, 0.25) is 0 Å². The van der Waals surface area contributed by atoms with Crippen molar-refractivity contribution in [2.75, 3.05) is 0 Å². The van der Waals surface area contributed by atoms with Crippen LogP contribution in [0, 0.1) is 16.7 Å². The highest BCUT2D eigenvalue weighted by atomic mass is 14.3. The molecule has 0 N–H and O–H groups in total. The van der Waals surface area contributed by atoms with Crippen LogP contribution in [0.5, 0.6) is 0 Å². The summed E-state index contributed by atoms with van der Waals surface area (Å²) in [6.07, 6.45) is 10.9. The lowest BCUT2D eigenvalue weighted by Crippen LogP contribution is -2.17. The van der Waals surface area contributed by atoms with Gasteiger partial charge in [0.1, 0.15) is 0 Å². The summed E-state index contributed by atoms with van der Waals surface area (Å²) in [4.78, 5) is 0. The lowest BCUT2D eigenvalue weighted by Gasteiger charge is -2.26. The van der Waals surface area contributed by atoms with Gasteiger partial charge in [-0.2, -0.15) is 5.26 Å². The summed E-state index contributed by atoms with van der Waals surface area (Å²) in [7, 11) is 0. The molecule has 0 spiro atoms. The minimum Gasteiger partial charge on any atom is -0.192 e. The van der Waals surface area contributed by atoms with Crippen LogP contribution < -0.4 is 0 Å². The average Bonchev–Trinajstić information content (AvgIpc) is 2.56. The first-order valence-electron chi connectivity index (χ1n) is 7.63. The molecule has 2 aromatic carbocycles. The minimum absolute atomic E-state index is 0.209. The maximum absolute atomic E-state index is 9.22. The molecule has 0 saturated carbocycles. The maximum atomic E-state index is 9.22. The molecule has 22 heavy (non-hydrogen) atoms. The molecule has 1 aliphatic rings. The number of nitrogens with zero attached hydrogens (tertiary/aromatic N) is 1. The van der Waals surface area contributed by atoms with Gasteiger partial charge in [-0.1, -0.05) is 73.7 Å². The lowest BCUT2D eigenvalue weighted by atomic mass is 9.78. The molecule has 0 saturated heterocycles. The van der Waals surface area contributed by atoms with Crippen LogP contribution in [-0.4, -0.2) is 0 Å². The molecule has 0 radical (unpaired) electrons. The number of hydrogen-bond donors (Lipinski definition) is 0. The molecule has 0 aromatic heterocycles. The zero-order chi connectivity index (χ0) is 15.4. The fraction of sp³-hybridized carbons (Fsp3) is 0.190. The van der Waals surface area contributed by atoms with Crippen molar-refractivity contribution in [1.29, 1.82) is 5.26 Å². The molecule has 1 atom stereocenters. The normalized spacial score (nSPS) is 19.8. The van der Waals surface area contributed by atoms with Crippen molar-refractivity contribution in [1.82, 2.24) is 0 Å². The van der Waals surface area contributed by atoms with Gasteiger partial charge >= 0.3 is 0 Å². The molecule has 1 unspecified atom stereocenters. The fourth-order valence-corrected chi connectivity index (χ4v) is 3.00. The van der Waals surface area contributed by atoms with Crippen LogP contribution in [0.4, 0.5) is 0 Å². The highest BCUT2D eigenvalue weighted by molar-refractivity contribution is 5.70. The van der Waals surface area contributed by atoms with Crippen molar-refractivity contribution in [3.05, 3.63) is 84.0 Å². The van der Waals surface area contributed by atoms with Gasteiger partial charge in [-0.3, -0.25) is 0 Å². The third kappa shape index (κ3) is 3.02. The number of benzene rings is 2. The molecule has 1 nitrogen and oxygen atoms in total. The Labute approximate surface area is 132 Å². The molecule has 108 valence electrons. The van der Waals surface area contributed by atoms with Gasteiger partial charge in [-0.05, 0) is 41.0 Å². The summed E-state index contributed by atoms with van der Waals surface area (Å²) in [5.74, 6) is 0. The van der Waals surface area contributed by atoms with Gasteiger partial charge in [0.25, 0.3) is 0 Å². The van der Waals surface area contributed by atoms with Crippen LogP contribution in [-0.2, 0) is 6.42 Å². The molecule has 0 aliphatic heterocycles. The summed E-state index contributed by atoms with van der Waals surface area (Å²) in [6.45, 7) is 2.30. The SMILES string of the molecule is CC1(Cc2ccc(-c3ccccc3C#N)cc2)C=CC=CC1. The monoisotopic (exact) mass is 285 g/mol. The molecule has 1 heteroatoms. The van der Waals surface area contributed by atoms with E-state index in [0.717, 1.165) is 29.5 Å². The first kappa shape index (κ1) is 14.4. The Balaban J connectivity index is 1.83. The van der Waals surface area contributed by atoms with Crippen LogP contribution in [0.3, 0.4) is 0 Å². The zero-order valence-electron chi connectivity index (χ0n) is 12.8. The topological polar surface area (TPSA) is 23.8 Å². The average molecular weight is 285 g/mol. The highest BCUT2D eigenvalue weighted by Gasteiger charge is 2.21. The van der Waals surface area contributed by atoms with Crippen molar-refractivity contribution in [2.24, 2.45) is 5.41 Å². The Morgan fingerprint density at radius 3 is 2.50 bits per heavy atom. The van der Waals surface area contributed by atoms with Gasteiger partial charge in [0, 0.05) is 0 Å². The molecule has 3 rings (SSSR count). The van der Waals surface area contributed by atoms with E-state index in [1.165, 1.54) is 5.56 Å². The predicted octanol–water partition coefficient (Wildman–Crippen LogP) is 5.29. The molecule has 0 bridgehead atoms. The van der Waals surface area contributed by atoms with Gasteiger partial charge < -0.3 is 0 Å². The van der Waals surface area contributed by atoms with Crippen molar-refractivity contribution in [2.45, 2.75) is 19.8 Å². The van der Waals surface area contributed by atoms with Crippen LogP contribution in [0.2, 0.25) is 0 Å². The molecular weight excluding hydrogens is 266 g/mol. The van der Waals surface area contributed by atoms with E-state index in [0.29, 0.717) is 0 Å². The number of rotatable bonds is 3. The van der Waals surface area contributed by atoms with E-state index in [1.807, 2.05) is 24.3 Å². The predicted molar refractivity (Wildman–Crippen MR) is 91.3 cm³/mol. The summed E-state index contributed by atoms with van der Waals surface area (Å²) < 4.78 is 0. The minimum atomic E-state index is 0.209. The van der Waals surface area contributed by atoms with Crippen molar-refractivity contribution in [3.8, 4) is 17.2 Å². The highest BCUT2D eigenvalue weighted by Crippen LogP contribution is 2.32. The Morgan fingerprint density at radius 1 is 1.05 bits per heavy atom. The number of nitriles is 1. The number of hydrogen-bond acceptors (Lipinski definition) is 1. The summed E-state index contributed by atoms with van der Waals surface area (Å²) in [6, 6.07) is 18.6. The Morgan fingerprint density at radius 2 is 1.82 bits per heavy atom. The second-order valence-corrected chi connectivity index (χ2v) is 6.18. The lowest BCUT2D eigenvalue weighted by molar-refractivity contribution is 0.427. The molecule has 0 fully saturated rings. The van der Waals surface area contributed by atoms with Gasteiger partial charge in [-0.15, -0.1) is 0 Å². The van der Waals surface area contributed by atoms with Gasteiger partial charge in [0.05, 0.1) is 11.6 Å². The molecule has 0 amide bonds. The smallest absolute Gasteiger partial charge is 0.0998 e. The van der Waals surface area contributed by atoms with E-state index >= 15 is 0 Å².